The number of carbonyl (C=O) groups is 4. The molecule has 0 saturated heterocycles. The zero-order valence-electron chi connectivity index (χ0n) is 23.2. The summed E-state index contributed by atoms with van der Waals surface area (Å²) in [5.41, 5.74) is 4.66. The van der Waals surface area contributed by atoms with Gasteiger partial charge in [0.15, 0.2) is 0 Å². The van der Waals surface area contributed by atoms with Crippen LogP contribution in [0.25, 0.3) is 0 Å². The summed E-state index contributed by atoms with van der Waals surface area (Å²) in [5, 5.41) is 18.7. The predicted molar refractivity (Wildman–Crippen MR) is 159 cm³/mol. The van der Waals surface area contributed by atoms with E-state index in [1.165, 1.54) is 66.9 Å². The lowest BCUT2D eigenvalue weighted by Crippen LogP contribution is -2.53. The Hall–Kier alpha value is -5.71. The first kappa shape index (κ1) is 31.2. The van der Waals surface area contributed by atoms with Gasteiger partial charge in [-0.05, 0) is 65.2 Å². The van der Waals surface area contributed by atoms with Crippen LogP contribution in [0.4, 0.5) is 8.78 Å². The molecule has 0 aliphatic heterocycles. The SMILES string of the molecule is O=C(N/N=C/c1ccc(C(=O)N[C@@H](Cc2ccc(F)cc2)C(=O)N[C@@H](Cc2ccc(F)cc2)C(=O)O)cc1)c1ccccc1. The number of carboxylic acids is 1. The lowest BCUT2D eigenvalue weighted by Gasteiger charge is -2.22. The van der Waals surface area contributed by atoms with Gasteiger partial charge in [0.25, 0.3) is 11.8 Å². The minimum atomic E-state index is -1.36. The molecule has 0 radical (unpaired) electrons. The summed E-state index contributed by atoms with van der Waals surface area (Å²) in [7, 11) is 0. The number of hydrogen-bond donors (Lipinski definition) is 4. The molecule has 3 amide bonds. The molecule has 224 valence electrons. The molecule has 0 saturated carbocycles. The van der Waals surface area contributed by atoms with Gasteiger partial charge >= 0.3 is 5.97 Å². The Morgan fingerprint density at radius 3 is 1.73 bits per heavy atom. The molecule has 0 fully saturated rings. The van der Waals surface area contributed by atoms with Gasteiger partial charge in [0.1, 0.15) is 23.7 Å². The summed E-state index contributed by atoms with van der Waals surface area (Å²) in [4.78, 5) is 50.5. The predicted octanol–water partition coefficient (Wildman–Crippen LogP) is 3.88. The third kappa shape index (κ3) is 9.15. The maximum atomic E-state index is 13.5. The minimum Gasteiger partial charge on any atom is -0.480 e. The molecule has 44 heavy (non-hydrogen) atoms. The molecule has 4 aromatic rings. The van der Waals surface area contributed by atoms with Crippen LogP contribution in [-0.2, 0) is 22.4 Å². The van der Waals surface area contributed by atoms with Crippen molar-refractivity contribution in [2.75, 3.05) is 0 Å². The van der Waals surface area contributed by atoms with Crippen LogP contribution in [0, 0.1) is 11.6 Å². The molecule has 4 N–H and O–H groups in total. The first-order valence-corrected chi connectivity index (χ1v) is 13.5. The number of carbonyl (C=O) groups excluding carboxylic acids is 3. The van der Waals surface area contributed by atoms with Crippen molar-refractivity contribution >= 4 is 29.9 Å². The largest absolute Gasteiger partial charge is 0.480 e. The van der Waals surface area contributed by atoms with Crippen molar-refractivity contribution in [1.29, 1.82) is 0 Å². The minimum absolute atomic E-state index is 0.0490. The van der Waals surface area contributed by atoms with Crippen LogP contribution >= 0.6 is 0 Å². The molecule has 0 heterocycles. The van der Waals surface area contributed by atoms with Gasteiger partial charge in [-0.2, -0.15) is 5.10 Å². The number of hydrogen-bond acceptors (Lipinski definition) is 5. The van der Waals surface area contributed by atoms with E-state index in [0.29, 0.717) is 22.3 Å². The first-order valence-electron chi connectivity index (χ1n) is 13.5. The fraction of sp³-hybridized carbons (Fsp3) is 0.121. The second-order valence-corrected chi connectivity index (χ2v) is 9.77. The number of halogens is 2. The van der Waals surface area contributed by atoms with Crippen molar-refractivity contribution in [3.63, 3.8) is 0 Å². The van der Waals surface area contributed by atoms with Crippen LogP contribution in [-0.4, -0.2) is 47.1 Å². The number of nitrogens with one attached hydrogen (secondary N) is 3. The maximum Gasteiger partial charge on any atom is 0.326 e. The van der Waals surface area contributed by atoms with Crippen molar-refractivity contribution in [2.24, 2.45) is 5.10 Å². The summed E-state index contributed by atoms with van der Waals surface area (Å²) in [6, 6.07) is 22.7. The van der Waals surface area contributed by atoms with E-state index in [-0.39, 0.29) is 24.3 Å². The third-order valence-electron chi connectivity index (χ3n) is 6.53. The molecule has 11 heteroatoms. The number of amides is 3. The zero-order valence-corrected chi connectivity index (χ0v) is 23.2. The number of aliphatic carboxylic acids is 1. The van der Waals surface area contributed by atoms with Gasteiger partial charge in [0.05, 0.1) is 6.21 Å². The average molecular weight is 599 g/mol. The molecular formula is C33H28F2N4O5. The third-order valence-corrected chi connectivity index (χ3v) is 6.53. The Kier molecular flexibility index (Phi) is 10.6. The molecule has 4 aromatic carbocycles. The van der Waals surface area contributed by atoms with Crippen LogP contribution in [0.1, 0.15) is 37.4 Å². The van der Waals surface area contributed by atoms with Crippen molar-refractivity contribution in [3.8, 4) is 0 Å². The molecule has 4 rings (SSSR count). The topological polar surface area (TPSA) is 137 Å². The summed E-state index contributed by atoms with van der Waals surface area (Å²) in [5.74, 6) is -4.04. The van der Waals surface area contributed by atoms with Crippen LogP contribution in [0.2, 0.25) is 0 Å². The zero-order chi connectivity index (χ0) is 31.5. The molecule has 0 aliphatic carbocycles. The van der Waals surface area contributed by atoms with E-state index in [4.69, 9.17) is 0 Å². The molecule has 2 atom stereocenters. The maximum absolute atomic E-state index is 13.5. The first-order chi connectivity index (χ1) is 21.2. The van der Waals surface area contributed by atoms with Crippen molar-refractivity contribution < 1.29 is 33.1 Å². The second-order valence-electron chi connectivity index (χ2n) is 9.77. The highest BCUT2D eigenvalue weighted by Gasteiger charge is 2.27. The van der Waals surface area contributed by atoms with E-state index in [9.17, 15) is 33.1 Å². The number of hydrazone groups is 1. The molecular weight excluding hydrogens is 570 g/mol. The van der Waals surface area contributed by atoms with E-state index < -0.39 is 41.5 Å². The van der Waals surface area contributed by atoms with Gasteiger partial charge in [-0.3, -0.25) is 14.4 Å². The highest BCUT2D eigenvalue weighted by atomic mass is 19.1. The van der Waals surface area contributed by atoms with E-state index in [1.54, 1.807) is 42.5 Å². The van der Waals surface area contributed by atoms with Gasteiger partial charge in [-0.25, -0.2) is 19.0 Å². The monoisotopic (exact) mass is 598 g/mol. The Labute approximate surface area is 251 Å². The number of rotatable bonds is 12. The van der Waals surface area contributed by atoms with E-state index in [0.717, 1.165) is 0 Å². The Balaban J connectivity index is 1.44. The van der Waals surface area contributed by atoms with Crippen LogP contribution in [0.3, 0.4) is 0 Å². The van der Waals surface area contributed by atoms with Crippen LogP contribution < -0.4 is 16.1 Å². The Bertz CT molecular complexity index is 1630. The van der Waals surface area contributed by atoms with Gasteiger partial charge in [-0.15, -0.1) is 0 Å². The van der Waals surface area contributed by atoms with Gasteiger partial charge in [-0.1, -0.05) is 54.6 Å². The number of benzene rings is 4. The van der Waals surface area contributed by atoms with Crippen molar-refractivity contribution in [3.05, 3.63) is 143 Å². The molecule has 0 aromatic heterocycles. The van der Waals surface area contributed by atoms with Gasteiger partial charge in [0, 0.05) is 24.0 Å². The quantitative estimate of drug-likeness (QED) is 0.145. The number of nitrogens with zero attached hydrogens (tertiary/aromatic N) is 1. The normalized spacial score (nSPS) is 12.2. The molecule has 9 nitrogen and oxygen atoms in total. The highest BCUT2D eigenvalue weighted by molar-refractivity contribution is 5.99. The second kappa shape index (κ2) is 15.0. The van der Waals surface area contributed by atoms with Crippen LogP contribution in [0.15, 0.2) is 108 Å². The highest BCUT2D eigenvalue weighted by Crippen LogP contribution is 2.11. The molecule has 0 aliphatic rings. The van der Waals surface area contributed by atoms with Gasteiger partial charge < -0.3 is 15.7 Å². The molecule has 0 bridgehead atoms. The smallest absolute Gasteiger partial charge is 0.326 e. The Morgan fingerprint density at radius 1 is 0.659 bits per heavy atom. The van der Waals surface area contributed by atoms with Crippen molar-refractivity contribution in [1.82, 2.24) is 16.1 Å². The van der Waals surface area contributed by atoms with E-state index in [2.05, 4.69) is 21.2 Å². The molecule has 0 spiro atoms. The van der Waals surface area contributed by atoms with Crippen molar-refractivity contribution in [2.45, 2.75) is 24.9 Å². The van der Waals surface area contributed by atoms with E-state index >= 15 is 0 Å². The number of carboxylic acid groups (broad SMARTS) is 1. The lowest BCUT2D eigenvalue weighted by atomic mass is 10.0. The summed E-state index contributed by atoms with van der Waals surface area (Å²) < 4.78 is 26.8. The fourth-order valence-corrected chi connectivity index (χ4v) is 4.18. The summed E-state index contributed by atoms with van der Waals surface area (Å²) in [6.45, 7) is 0. The molecule has 0 unspecified atom stereocenters. The fourth-order valence-electron chi connectivity index (χ4n) is 4.18. The van der Waals surface area contributed by atoms with E-state index in [1.807, 2.05) is 0 Å². The summed E-state index contributed by atoms with van der Waals surface area (Å²) in [6.07, 6.45) is 1.24. The standard InChI is InChI=1S/C33H28F2N4O5/c34-26-14-8-21(9-15-26)18-28(32(42)38-29(33(43)44)19-22-10-16-27(35)17-11-22)37-30(40)25-12-6-23(7-13-25)20-36-39-31(41)24-4-2-1-3-5-24/h1-17,20,28-29H,18-19H2,(H,37,40)(H,38,42)(H,39,41)(H,43,44)/b36-20+/t28-,29-/m0/s1. The summed E-state index contributed by atoms with van der Waals surface area (Å²) >= 11 is 0. The lowest BCUT2D eigenvalue weighted by molar-refractivity contribution is -0.142. The Morgan fingerprint density at radius 2 is 1.18 bits per heavy atom. The average Bonchev–Trinajstić information content (AvgIpc) is 3.03. The van der Waals surface area contributed by atoms with Crippen LogP contribution in [0.5, 0.6) is 0 Å². The van der Waals surface area contributed by atoms with Gasteiger partial charge in [0.2, 0.25) is 5.91 Å².